The van der Waals surface area contributed by atoms with Crippen molar-refractivity contribution in [3.8, 4) is 0 Å². The first-order valence-electron chi connectivity index (χ1n) is 5.56. The highest BCUT2D eigenvalue weighted by atomic mass is 31.3. The van der Waals surface area contributed by atoms with E-state index in [0.717, 1.165) is 13.2 Å². The molecule has 0 unspecified atom stereocenters. The van der Waals surface area contributed by atoms with Crippen LogP contribution in [0, 0.1) is 0 Å². The van der Waals surface area contributed by atoms with Crippen LogP contribution >= 0.6 is 15.6 Å². The molecule has 0 bridgehead atoms. The Morgan fingerprint density at radius 2 is 1.50 bits per heavy atom. The van der Waals surface area contributed by atoms with Crippen molar-refractivity contribution >= 4 is 15.6 Å². The summed E-state index contributed by atoms with van der Waals surface area (Å²) in [7, 11) is -8.96. The molecule has 0 saturated carbocycles. The molecule has 110 valence electrons. The first-order valence-corrected chi connectivity index (χ1v) is 8.56. The van der Waals surface area contributed by atoms with Crippen molar-refractivity contribution in [2.75, 3.05) is 26.4 Å². The Labute approximate surface area is 106 Å². The molecule has 1 rings (SSSR count). The molecule has 0 amide bonds. The van der Waals surface area contributed by atoms with E-state index in [2.05, 4.69) is 13.4 Å². The number of rotatable bonds is 6. The van der Waals surface area contributed by atoms with Crippen LogP contribution in [0.4, 0.5) is 0 Å². The van der Waals surface area contributed by atoms with Crippen LogP contribution in [0.25, 0.3) is 0 Å². The molecule has 1 aliphatic rings. The molecule has 0 spiro atoms. The monoisotopic (exact) mass is 306 g/mol. The quantitative estimate of drug-likeness (QED) is 0.717. The molecular formula is C8H20O8P2. The smallest absolute Gasteiger partial charge is 0.381 e. The predicted octanol–water partition coefficient (Wildman–Crippen LogP) is 2.07. The van der Waals surface area contributed by atoms with Crippen molar-refractivity contribution in [2.45, 2.75) is 26.7 Å². The average molecular weight is 306 g/mol. The van der Waals surface area contributed by atoms with Gasteiger partial charge >= 0.3 is 15.6 Å². The first kappa shape index (κ1) is 18.2. The van der Waals surface area contributed by atoms with Crippen molar-refractivity contribution < 1.29 is 37.0 Å². The molecule has 0 aromatic heterocycles. The third-order valence-electron chi connectivity index (χ3n) is 1.61. The lowest BCUT2D eigenvalue weighted by molar-refractivity contribution is 0.149. The van der Waals surface area contributed by atoms with Crippen molar-refractivity contribution in [1.82, 2.24) is 0 Å². The minimum absolute atomic E-state index is 0.0305. The van der Waals surface area contributed by atoms with Gasteiger partial charge in [0.2, 0.25) is 0 Å². The van der Waals surface area contributed by atoms with E-state index < -0.39 is 15.6 Å². The van der Waals surface area contributed by atoms with E-state index in [0.29, 0.717) is 0 Å². The number of ether oxygens (including phenoxy) is 1. The number of phosphoric ester groups is 1. The van der Waals surface area contributed by atoms with Gasteiger partial charge in [-0.15, -0.1) is 0 Å². The summed E-state index contributed by atoms with van der Waals surface area (Å²) in [6.45, 7) is 4.93. The highest BCUT2D eigenvalue weighted by Gasteiger charge is 2.34. The summed E-state index contributed by atoms with van der Waals surface area (Å²) in [4.78, 5) is 16.7. The molecular weight excluding hydrogens is 286 g/mol. The standard InChI is InChI=1S/C4H12O7P2.C4H8O/c1-3-9-13(8,10-4-2)11-12(5,6)7;1-2-4-5-3-1/h3-4H2,1-2H3,(H2,5,6,7);1-4H2. The fourth-order valence-corrected chi connectivity index (χ4v) is 3.17. The van der Waals surface area contributed by atoms with E-state index in [4.69, 9.17) is 14.5 Å². The molecule has 1 fully saturated rings. The van der Waals surface area contributed by atoms with Gasteiger partial charge in [0.25, 0.3) is 0 Å². The number of phosphoric acid groups is 2. The van der Waals surface area contributed by atoms with Gasteiger partial charge in [-0.05, 0) is 26.7 Å². The van der Waals surface area contributed by atoms with Crippen LogP contribution in [0.1, 0.15) is 26.7 Å². The van der Waals surface area contributed by atoms with Gasteiger partial charge in [-0.25, -0.2) is 9.13 Å². The highest BCUT2D eigenvalue weighted by Crippen LogP contribution is 2.60. The average Bonchev–Trinajstić information content (AvgIpc) is 2.71. The molecule has 0 aromatic rings. The molecule has 0 aromatic carbocycles. The van der Waals surface area contributed by atoms with Crippen molar-refractivity contribution in [3.63, 3.8) is 0 Å². The molecule has 1 heterocycles. The lowest BCUT2D eigenvalue weighted by Gasteiger charge is -2.15. The van der Waals surface area contributed by atoms with Crippen LogP contribution < -0.4 is 0 Å². The fourth-order valence-electron chi connectivity index (χ4n) is 1.04. The fraction of sp³-hybridized carbons (Fsp3) is 1.00. The Morgan fingerprint density at radius 3 is 1.72 bits per heavy atom. The summed E-state index contributed by atoms with van der Waals surface area (Å²) >= 11 is 0. The molecule has 1 aliphatic heterocycles. The summed E-state index contributed by atoms with van der Waals surface area (Å²) in [5.41, 5.74) is 0. The molecule has 10 heteroatoms. The van der Waals surface area contributed by atoms with Gasteiger partial charge in [-0.3, -0.25) is 9.05 Å². The molecule has 1 saturated heterocycles. The zero-order valence-corrected chi connectivity index (χ0v) is 12.3. The summed E-state index contributed by atoms with van der Waals surface area (Å²) in [6, 6.07) is 0. The van der Waals surface area contributed by atoms with Crippen LogP contribution in [0.2, 0.25) is 0 Å². The van der Waals surface area contributed by atoms with Gasteiger partial charge in [0.1, 0.15) is 0 Å². The van der Waals surface area contributed by atoms with Crippen molar-refractivity contribution in [1.29, 1.82) is 0 Å². The number of hydrogen-bond donors (Lipinski definition) is 2. The molecule has 8 nitrogen and oxygen atoms in total. The largest absolute Gasteiger partial charge is 0.483 e. The van der Waals surface area contributed by atoms with Gasteiger partial charge in [0.15, 0.2) is 0 Å². The first-order chi connectivity index (χ1) is 8.33. The van der Waals surface area contributed by atoms with E-state index in [1.807, 2.05) is 0 Å². The van der Waals surface area contributed by atoms with E-state index in [1.54, 1.807) is 0 Å². The van der Waals surface area contributed by atoms with Gasteiger partial charge in [-0.1, -0.05) is 0 Å². The summed E-state index contributed by atoms with van der Waals surface area (Å²) in [6.07, 6.45) is 2.56. The van der Waals surface area contributed by atoms with Crippen LogP contribution in [0.5, 0.6) is 0 Å². The molecule has 2 N–H and O–H groups in total. The second kappa shape index (κ2) is 9.18. The Balaban J connectivity index is 0.000000473. The lowest BCUT2D eigenvalue weighted by Crippen LogP contribution is -1.98. The summed E-state index contributed by atoms with van der Waals surface area (Å²) in [5, 5.41) is 0. The molecule has 0 aliphatic carbocycles. The Hall–Kier alpha value is 0.220. The Bertz CT molecular complexity index is 280. The van der Waals surface area contributed by atoms with Crippen molar-refractivity contribution in [2.24, 2.45) is 0 Å². The van der Waals surface area contributed by atoms with E-state index in [9.17, 15) is 9.13 Å². The Morgan fingerprint density at radius 1 is 1.06 bits per heavy atom. The summed E-state index contributed by atoms with van der Waals surface area (Å²) < 4.78 is 39.4. The minimum atomic E-state index is -4.86. The van der Waals surface area contributed by atoms with Gasteiger partial charge in [0, 0.05) is 13.2 Å². The second-order valence-electron chi connectivity index (χ2n) is 3.17. The van der Waals surface area contributed by atoms with Gasteiger partial charge in [-0.2, -0.15) is 4.31 Å². The van der Waals surface area contributed by atoms with Crippen LogP contribution in [-0.4, -0.2) is 36.2 Å². The zero-order chi connectivity index (χ0) is 14.1. The molecule has 0 radical (unpaired) electrons. The number of hydrogen-bond acceptors (Lipinski definition) is 6. The molecule has 18 heavy (non-hydrogen) atoms. The maximum Gasteiger partial charge on any atom is 0.483 e. The third-order valence-corrected chi connectivity index (χ3v) is 4.41. The SMILES string of the molecule is C1CCOC1.CCOP(=O)(OCC)OP(=O)(O)O. The normalized spacial score (nSPS) is 16.2. The maximum atomic E-state index is 11.3. The van der Waals surface area contributed by atoms with Crippen LogP contribution in [-0.2, 0) is 27.2 Å². The highest BCUT2D eigenvalue weighted by molar-refractivity contribution is 7.61. The van der Waals surface area contributed by atoms with E-state index in [-0.39, 0.29) is 13.2 Å². The topological polar surface area (TPSA) is 112 Å². The third kappa shape index (κ3) is 10.2. The second-order valence-corrected chi connectivity index (χ2v) is 6.22. The predicted molar refractivity (Wildman–Crippen MR) is 64.0 cm³/mol. The molecule has 0 atom stereocenters. The Kier molecular flexibility index (Phi) is 9.29. The van der Waals surface area contributed by atoms with E-state index in [1.165, 1.54) is 26.7 Å². The van der Waals surface area contributed by atoms with E-state index >= 15 is 0 Å². The summed E-state index contributed by atoms with van der Waals surface area (Å²) in [5.74, 6) is 0. The van der Waals surface area contributed by atoms with Gasteiger partial charge in [0.05, 0.1) is 13.2 Å². The van der Waals surface area contributed by atoms with Gasteiger partial charge < -0.3 is 14.5 Å². The minimum Gasteiger partial charge on any atom is -0.381 e. The zero-order valence-electron chi connectivity index (χ0n) is 10.5. The maximum absolute atomic E-state index is 11.3. The van der Waals surface area contributed by atoms with Crippen molar-refractivity contribution in [3.05, 3.63) is 0 Å². The van der Waals surface area contributed by atoms with Crippen LogP contribution in [0.3, 0.4) is 0 Å². The lowest BCUT2D eigenvalue weighted by atomic mass is 10.4. The van der Waals surface area contributed by atoms with Crippen LogP contribution in [0.15, 0.2) is 0 Å².